The van der Waals surface area contributed by atoms with Crippen molar-refractivity contribution in [2.45, 2.75) is 39.3 Å². The maximum Gasteiger partial charge on any atom is 0.203 e. The first kappa shape index (κ1) is 15.3. The van der Waals surface area contributed by atoms with Crippen LogP contribution in [-0.2, 0) is 11.3 Å². The van der Waals surface area contributed by atoms with Crippen LogP contribution < -0.4 is 5.32 Å². The Labute approximate surface area is 122 Å². The van der Waals surface area contributed by atoms with E-state index in [4.69, 9.17) is 4.74 Å². The number of imidazole rings is 1. The number of methoxy groups -OCH3 is 1. The SMILES string of the molecule is COCC(C)Nc1nc(C)cn1CC1CCCN(C)C1. The number of likely N-dealkylation sites (tertiary alicyclic amines) is 1. The molecule has 1 aromatic rings. The van der Waals surface area contributed by atoms with Crippen molar-refractivity contribution in [1.29, 1.82) is 0 Å². The van der Waals surface area contributed by atoms with E-state index in [-0.39, 0.29) is 6.04 Å². The number of aryl methyl sites for hydroxylation is 1. The Morgan fingerprint density at radius 3 is 3.05 bits per heavy atom. The molecule has 1 aromatic heterocycles. The molecule has 2 heterocycles. The van der Waals surface area contributed by atoms with Gasteiger partial charge in [0.1, 0.15) is 0 Å². The summed E-state index contributed by atoms with van der Waals surface area (Å²) >= 11 is 0. The fourth-order valence-corrected chi connectivity index (χ4v) is 3.01. The molecule has 2 rings (SSSR count). The third-order valence-electron chi connectivity index (χ3n) is 3.87. The largest absolute Gasteiger partial charge is 0.383 e. The standard InChI is InChI=1S/C15H28N4O/c1-12-8-19(10-14-6-5-7-18(3)9-14)15(16-12)17-13(2)11-20-4/h8,13-14H,5-7,9-11H2,1-4H3,(H,16,17). The highest BCUT2D eigenvalue weighted by atomic mass is 16.5. The van der Waals surface area contributed by atoms with E-state index < -0.39 is 0 Å². The second-order valence-electron chi connectivity index (χ2n) is 6.13. The van der Waals surface area contributed by atoms with Crippen molar-refractivity contribution in [3.8, 4) is 0 Å². The van der Waals surface area contributed by atoms with Crippen molar-refractivity contribution in [2.75, 3.05) is 39.2 Å². The third kappa shape index (κ3) is 4.21. The van der Waals surface area contributed by atoms with E-state index in [1.807, 2.05) is 0 Å². The van der Waals surface area contributed by atoms with E-state index in [0.29, 0.717) is 6.61 Å². The van der Waals surface area contributed by atoms with Crippen LogP contribution in [0, 0.1) is 12.8 Å². The van der Waals surface area contributed by atoms with Crippen LogP contribution in [0.25, 0.3) is 0 Å². The van der Waals surface area contributed by atoms with Crippen molar-refractivity contribution < 1.29 is 4.74 Å². The Kier molecular flexibility index (Phi) is 5.43. The molecule has 2 atom stereocenters. The van der Waals surface area contributed by atoms with E-state index in [0.717, 1.165) is 24.1 Å². The predicted molar refractivity (Wildman–Crippen MR) is 82.1 cm³/mol. The molecule has 0 amide bonds. The summed E-state index contributed by atoms with van der Waals surface area (Å²) in [4.78, 5) is 7.03. The molecular formula is C15H28N4O. The molecule has 1 aliphatic heterocycles. The molecule has 20 heavy (non-hydrogen) atoms. The molecule has 5 heteroatoms. The first-order valence-corrected chi connectivity index (χ1v) is 7.56. The topological polar surface area (TPSA) is 42.3 Å². The summed E-state index contributed by atoms with van der Waals surface area (Å²) in [5, 5.41) is 3.45. The monoisotopic (exact) mass is 280 g/mol. The molecule has 1 fully saturated rings. The number of rotatable bonds is 6. The zero-order valence-corrected chi connectivity index (χ0v) is 13.2. The smallest absolute Gasteiger partial charge is 0.203 e. The Morgan fingerprint density at radius 1 is 1.55 bits per heavy atom. The summed E-state index contributed by atoms with van der Waals surface area (Å²) in [6.45, 7) is 8.33. The van der Waals surface area contributed by atoms with Crippen LogP contribution in [0.5, 0.6) is 0 Å². The van der Waals surface area contributed by atoms with Gasteiger partial charge in [0.25, 0.3) is 0 Å². The first-order chi connectivity index (χ1) is 9.58. The lowest BCUT2D eigenvalue weighted by Crippen LogP contribution is -2.34. The van der Waals surface area contributed by atoms with Gasteiger partial charge in [-0.05, 0) is 46.2 Å². The van der Waals surface area contributed by atoms with Gasteiger partial charge in [0.15, 0.2) is 0 Å². The van der Waals surface area contributed by atoms with Gasteiger partial charge in [0.05, 0.1) is 12.3 Å². The van der Waals surface area contributed by atoms with Crippen LogP contribution in [-0.4, -0.2) is 54.3 Å². The fraction of sp³-hybridized carbons (Fsp3) is 0.800. The zero-order chi connectivity index (χ0) is 14.5. The number of piperidine rings is 1. The average molecular weight is 280 g/mol. The second kappa shape index (κ2) is 7.09. The minimum Gasteiger partial charge on any atom is -0.383 e. The molecule has 0 radical (unpaired) electrons. The molecule has 0 aromatic carbocycles. The van der Waals surface area contributed by atoms with E-state index in [2.05, 4.69) is 46.9 Å². The lowest BCUT2D eigenvalue weighted by Gasteiger charge is -2.30. The van der Waals surface area contributed by atoms with Crippen LogP contribution in [0.1, 0.15) is 25.5 Å². The van der Waals surface area contributed by atoms with Crippen LogP contribution in [0.4, 0.5) is 5.95 Å². The quantitative estimate of drug-likeness (QED) is 0.865. The number of nitrogens with one attached hydrogen (secondary N) is 1. The highest BCUT2D eigenvalue weighted by Gasteiger charge is 2.19. The lowest BCUT2D eigenvalue weighted by molar-refractivity contribution is 0.188. The maximum atomic E-state index is 5.18. The van der Waals surface area contributed by atoms with Gasteiger partial charge in [0.2, 0.25) is 5.95 Å². The highest BCUT2D eigenvalue weighted by Crippen LogP contribution is 2.20. The van der Waals surface area contributed by atoms with Crippen molar-refractivity contribution >= 4 is 5.95 Å². The molecule has 0 aliphatic carbocycles. The molecule has 0 saturated carbocycles. The van der Waals surface area contributed by atoms with Gasteiger partial charge in [0, 0.05) is 32.4 Å². The number of ether oxygens (including phenoxy) is 1. The van der Waals surface area contributed by atoms with Gasteiger partial charge in [-0.1, -0.05) is 0 Å². The molecule has 114 valence electrons. The number of aromatic nitrogens is 2. The molecular weight excluding hydrogens is 252 g/mol. The van der Waals surface area contributed by atoms with Crippen molar-refractivity contribution in [3.63, 3.8) is 0 Å². The number of hydrogen-bond donors (Lipinski definition) is 1. The number of anilines is 1. The Morgan fingerprint density at radius 2 is 2.35 bits per heavy atom. The normalized spacial score (nSPS) is 21.9. The second-order valence-corrected chi connectivity index (χ2v) is 6.13. The number of hydrogen-bond acceptors (Lipinski definition) is 4. The van der Waals surface area contributed by atoms with Crippen molar-refractivity contribution in [2.24, 2.45) is 5.92 Å². The average Bonchev–Trinajstić information content (AvgIpc) is 2.69. The third-order valence-corrected chi connectivity index (χ3v) is 3.87. The van der Waals surface area contributed by atoms with Crippen molar-refractivity contribution in [1.82, 2.24) is 14.5 Å². The van der Waals surface area contributed by atoms with Gasteiger partial charge >= 0.3 is 0 Å². The lowest BCUT2D eigenvalue weighted by atomic mass is 9.98. The van der Waals surface area contributed by atoms with Crippen LogP contribution >= 0.6 is 0 Å². The summed E-state index contributed by atoms with van der Waals surface area (Å²) < 4.78 is 7.45. The van der Waals surface area contributed by atoms with Gasteiger partial charge in [-0.15, -0.1) is 0 Å². The van der Waals surface area contributed by atoms with E-state index in [1.165, 1.54) is 25.9 Å². The van der Waals surface area contributed by atoms with E-state index in [1.54, 1.807) is 7.11 Å². The molecule has 0 spiro atoms. The summed E-state index contributed by atoms with van der Waals surface area (Å²) in [6.07, 6.45) is 4.77. The van der Waals surface area contributed by atoms with Gasteiger partial charge in [-0.2, -0.15) is 0 Å². The molecule has 1 aliphatic rings. The molecule has 1 saturated heterocycles. The molecule has 5 nitrogen and oxygen atoms in total. The molecule has 2 unspecified atom stereocenters. The van der Waals surface area contributed by atoms with Crippen LogP contribution in [0.2, 0.25) is 0 Å². The van der Waals surface area contributed by atoms with E-state index in [9.17, 15) is 0 Å². The summed E-state index contributed by atoms with van der Waals surface area (Å²) in [6, 6.07) is 0.273. The molecule has 0 bridgehead atoms. The Hall–Kier alpha value is -1.07. The summed E-state index contributed by atoms with van der Waals surface area (Å²) in [7, 11) is 3.94. The minimum absolute atomic E-state index is 0.273. The fourth-order valence-electron chi connectivity index (χ4n) is 3.01. The number of nitrogens with zero attached hydrogens (tertiary/aromatic N) is 3. The van der Waals surface area contributed by atoms with E-state index >= 15 is 0 Å². The predicted octanol–water partition coefficient (Wildman–Crippen LogP) is 1.98. The highest BCUT2D eigenvalue weighted by molar-refractivity contribution is 5.30. The van der Waals surface area contributed by atoms with Crippen molar-refractivity contribution in [3.05, 3.63) is 11.9 Å². The Balaban J connectivity index is 1.99. The zero-order valence-electron chi connectivity index (χ0n) is 13.2. The first-order valence-electron chi connectivity index (χ1n) is 7.56. The maximum absolute atomic E-state index is 5.18. The molecule has 1 N–H and O–H groups in total. The van der Waals surface area contributed by atoms with Crippen LogP contribution in [0.3, 0.4) is 0 Å². The minimum atomic E-state index is 0.273. The summed E-state index contributed by atoms with van der Waals surface area (Å²) in [5.74, 6) is 1.70. The summed E-state index contributed by atoms with van der Waals surface area (Å²) in [5.41, 5.74) is 1.07. The van der Waals surface area contributed by atoms with Gasteiger partial charge < -0.3 is 19.5 Å². The van der Waals surface area contributed by atoms with Gasteiger partial charge in [-0.25, -0.2) is 4.98 Å². The van der Waals surface area contributed by atoms with Crippen LogP contribution in [0.15, 0.2) is 6.20 Å². The Bertz CT molecular complexity index is 418. The van der Waals surface area contributed by atoms with Gasteiger partial charge in [-0.3, -0.25) is 0 Å².